The highest BCUT2D eigenvalue weighted by Crippen LogP contribution is 2.32. The monoisotopic (exact) mass is 251 g/mol. The minimum Gasteiger partial charge on any atom is -0.535 e. The van der Waals surface area contributed by atoms with Crippen molar-refractivity contribution in [2.24, 2.45) is 0 Å². The van der Waals surface area contributed by atoms with Gasteiger partial charge in [-0.25, -0.2) is 4.39 Å². The van der Waals surface area contributed by atoms with Gasteiger partial charge in [-0.05, 0) is 28.1 Å². The number of hydrogen-bond acceptors (Lipinski definition) is 2. The van der Waals surface area contributed by atoms with E-state index < -0.39 is 5.82 Å². The standard InChI is InChI=1S/C6H3BBrClFO2/c8-3-1-2-4(9)5(10)6(3)12-7-11/h1-2,11H. The summed E-state index contributed by atoms with van der Waals surface area (Å²) in [6, 6.07) is 2.90. The van der Waals surface area contributed by atoms with Crippen LogP contribution in [0.2, 0.25) is 5.02 Å². The third-order valence-electron chi connectivity index (χ3n) is 1.17. The Hall–Kier alpha value is -0.255. The summed E-state index contributed by atoms with van der Waals surface area (Å²) >= 11 is 8.48. The van der Waals surface area contributed by atoms with E-state index in [1.165, 1.54) is 12.1 Å². The fourth-order valence-corrected chi connectivity index (χ4v) is 1.22. The van der Waals surface area contributed by atoms with Crippen LogP contribution in [0.5, 0.6) is 5.75 Å². The lowest BCUT2D eigenvalue weighted by Gasteiger charge is -2.06. The van der Waals surface area contributed by atoms with Crippen LogP contribution < -0.4 is 4.65 Å². The average Bonchev–Trinajstić information content (AvgIpc) is 2.06. The predicted octanol–water partition coefficient (Wildman–Crippen LogP) is 2.15. The number of hydrogen-bond donors (Lipinski definition) is 1. The van der Waals surface area contributed by atoms with E-state index in [1.54, 1.807) is 0 Å². The Morgan fingerprint density at radius 1 is 1.58 bits per heavy atom. The van der Waals surface area contributed by atoms with E-state index in [1.807, 2.05) is 0 Å². The van der Waals surface area contributed by atoms with Crippen molar-refractivity contribution in [3.05, 3.63) is 27.4 Å². The van der Waals surface area contributed by atoms with Gasteiger partial charge in [0, 0.05) is 0 Å². The topological polar surface area (TPSA) is 29.5 Å². The molecule has 0 spiro atoms. The molecule has 0 bridgehead atoms. The van der Waals surface area contributed by atoms with E-state index in [4.69, 9.17) is 16.6 Å². The molecule has 0 aromatic heterocycles. The lowest BCUT2D eigenvalue weighted by atomic mass is 10.3. The van der Waals surface area contributed by atoms with Gasteiger partial charge >= 0.3 is 7.69 Å². The highest BCUT2D eigenvalue weighted by atomic mass is 79.9. The van der Waals surface area contributed by atoms with Crippen molar-refractivity contribution >= 4 is 35.2 Å². The first-order chi connectivity index (χ1) is 5.66. The van der Waals surface area contributed by atoms with Crippen LogP contribution >= 0.6 is 27.5 Å². The van der Waals surface area contributed by atoms with Crippen molar-refractivity contribution in [3.8, 4) is 5.75 Å². The second kappa shape index (κ2) is 4.12. The van der Waals surface area contributed by atoms with Gasteiger partial charge in [-0.3, -0.25) is 0 Å². The molecule has 63 valence electrons. The zero-order valence-corrected chi connectivity index (χ0v) is 8.06. The third-order valence-corrected chi connectivity index (χ3v) is 2.09. The number of benzene rings is 1. The van der Waals surface area contributed by atoms with Gasteiger partial charge in [-0.1, -0.05) is 11.6 Å². The molecular weight excluding hydrogens is 249 g/mol. The molecule has 0 saturated carbocycles. The molecule has 2 nitrogen and oxygen atoms in total. The van der Waals surface area contributed by atoms with E-state index in [-0.39, 0.29) is 10.8 Å². The highest BCUT2D eigenvalue weighted by Gasteiger charge is 2.11. The second-order valence-corrected chi connectivity index (χ2v) is 3.16. The van der Waals surface area contributed by atoms with Crippen molar-refractivity contribution in [2.45, 2.75) is 0 Å². The summed E-state index contributed by atoms with van der Waals surface area (Å²) in [6.45, 7) is 0. The minimum absolute atomic E-state index is 0.0601. The quantitative estimate of drug-likeness (QED) is 0.645. The van der Waals surface area contributed by atoms with E-state index in [0.717, 1.165) is 0 Å². The van der Waals surface area contributed by atoms with Crippen LogP contribution in [0, 0.1) is 5.82 Å². The largest absolute Gasteiger partial charge is 0.569 e. The molecule has 0 atom stereocenters. The minimum atomic E-state index is -0.712. The maximum atomic E-state index is 13.0. The summed E-state index contributed by atoms with van der Waals surface area (Å²) in [6.07, 6.45) is 0. The van der Waals surface area contributed by atoms with Crippen molar-refractivity contribution in [3.63, 3.8) is 0 Å². The summed E-state index contributed by atoms with van der Waals surface area (Å²) in [4.78, 5) is 0. The highest BCUT2D eigenvalue weighted by molar-refractivity contribution is 9.10. The first-order valence-corrected chi connectivity index (χ1v) is 4.10. The zero-order valence-electron chi connectivity index (χ0n) is 5.72. The van der Waals surface area contributed by atoms with Crippen molar-refractivity contribution < 1.29 is 14.1 Å². The molecule has 0 amide bonds. The second-order valence-electron chi connectivity index (χ2n) is 1.90. The lowest BCUT2D eigenvalue weighted by molar-refractivity contribution is 0.430. The zero-order chi connectivity index (χ0) is 9.14. The molecule has 1 rings (SSSR count). The normalized spacial score (nSPS) is 9.67. The first-order valence-electron chi connectivity index (χ1n) is 2.93. The van der Waals surface area contributed by atoms with E-state index >= 15 is 0 Å². The summed E-state index contributed by atoms with van der Waals surface area (Å²) in [5.41, 5.74) is 0. The first kappa shape index (κ1) is 9.83. The van der Waals surface area contributed by atoms with Crippen LogP contribution in [0.25, 0.3) is 0 Å². The summed E-state index contributed by atoms with van der Waals surface area (Å²) in [5, 5.41) is 8.22. The van der Waals surface area contributed by atoms with Gasteiger partial charge in [-0.2, -0.15) is 0 Å². The average molecular weight is 252 g/mol. The summed E-state index contributed by atoms with van der Waals surface area (Å²) < 4.78 is 17.9. The van der Waals surface area contributed by atoms with Crippen molar-refractivity contribution in [1.82, 2.24) is 0 Å². The van der Waals surface area contributed by atoms with Crippen LogP contribution in [0.3, 0.4) is 0 Å². The van der Waals surface area contributed by atoms with Crippen molar-refractivity contribution in [2.75, 3.05) is 0 Å². The summed E-state index contributed by atoms with van der Waals surface area (Å²) in [5.74, 6) is -0.846. The van der Waals surface area contributed by atoms with E-state index in [2.05, 4.69) is 20.6 Å². The van der Waals surface area contributed by atoms with Gasteiger partial charge in [0.05, 0.1) is 9.50 Å². The fraction of sp³-hybridized carbons (Fsp3) is 0. The molecule has 0 aliphatic heterocycles. The van der Waals surface area contributed by atoms with E-state index in [0.29, 0.717) is 12.2 Å². The maximum absolute atomic E-state index is 13.0. The van der Waals surface area contributed by atoms with Gasteiger partial charge in [-0.15, -0.1) is 0 Å². The molecule has 0 unspecified atom stereocenters. The molecule has 6 heteroatoms. The summed E-state index contributed by atoms with van der Waals surface area (Å²) in [7, 11) is 0.388. The molecule has 1 aromatic rings. The van der Waals surface area contributed by atoms with Gasteiger partial charge in [0.25, 0.3) is 0 Å². The van der Waals surface area contributed by atoms with Gasteiger partial charge in [0.1, 0.15) is 0 Å². The number of halogens is 3. The fourth-order valence-electron chi connectivity index (χ4n) is 0.669. The lowest BCUT2D eigenvalue weighted by Crippen LogP contribution is -2.02. The smallest absolute Gasteiger partial charge is 0.535 e. The molecular formula is C6H3BBrClFO2. The molecule has 1 N–H and O–H groups in total. The van der Waals surface area contributed by atoms with Crippen LogP contribution in [0.1, 0.15) is 0 Å². The molecule has 0 saturated heterocycles. The van der Waals surface area contributed by atoms with Crippen molar-refractivity contribution in [1.29, 1.82) is 0 Å². The molecule has 0 aliphatic carbocycles. The Balaban J connectivity index is 3.14. The van der Waals surface area contributed by atoms with Gasteiger partial charge in [0.2, 0.25) is 0 Å². The van der Waals surface area contributed by atoms with Crippen LogP contribution in [-0.2, 0) is 0 Å². The Bertz CT molecular complexity index is 297. The Morgan fingerprint density at radius 2 is 2.25 bits per heavy atom. The molecule has 1 aromatic carbocycles. The molecule has 0 fully saturated rings. The molecule has 0 heterocycles. The molecule has 12 heavy (non-hydrogen) atoms. The third kappa shape index (κ3) is 1.91. The van der Waals surface area contributed by atoms with E-state index in [9.17, 15) is 4.39 Å². The van der Waals surface area contributed by atoms with Crippen LogP contribution in [0.15, 0.2) is 16.6 Å². The Kier molecular flexibility index (Phi) is 3.37. The molecule has 0 aliphatic rings. The Morgan fingerprint density at radius 3 is 2.83 bits per heavy atom. The van der Waals surface area contributed by atoms with Gasteiger partial charge in [0.15, 0.2) is 11.6 Å². The maximum Gasteiger partial charge on any atom is 0.569 e. The van der Waals surface area contributed by atoms with Gasteiger partial charge < -0.3 is 9.68 Å². The van der Waals surface area contributed by atoms with Crippen LogP contribution in [-0.4, -0.2) is 12.7 Å². The molecule has 1 radical (unpaired) electrons. The Labute approximate surface area is 82.7 Å². The predicted molar refractivity (Wildman–Crippen MR) is 47.7 cm³/mol. The number of rotatable bonds is 2. The van der Waals surface area contributed by atoms with Crippen LogP contribution in [0.4, 0.5) is 4.39 Å². The SMILES string of the molecule is O[B]Oc1c(Br)ccc(Cl)c1F.